The minimum absolute atomic E-state index is 1.18. The largest absolute Gasteiger partial charge is 0.0623 e. The summed E-state index contributed by atoms with van der Waals surface area (Å²) in [6, 6.07) is 16.5. The molecule has 98 valence electrons. The first kappa shape index (κ1) is 13.8. The Morgan fingerprint density at radius 3 is 1.15 bits per heavy atom. The highest BCUT2D eigenvalue weighted by molar-refractivity contribution is 5.65. The average Bonchev–Trinajstić information content (AvgIpc) is 2.46. The summed E-state index contributed by atoms with van der Waals surface area (Å²) in [6.45, 7) is 0. The third kappa shape index (κ3) is 4.95. The van der Waals surface area contributed by atoms with Crippen molar-refractivity contribution in [1.82, 2.24) is 0 Å². The molecule has 0 aliphatic heterocycles. The van der Waals surface area contributed by atoms with Gasteiger partial charge in [0.1, 0.15) is 0 Å². The van der Waals surface area contributed by atoms with E-state index in [9.17, 15) is 0 Å². The molecule has 0 spiro atoms. The maximum atomic E-state index is 2.12. The smallest absolute Gasteiger partial charge is 0.0184 e. The Labute approximate surface area is 121 Å². The van der Waals surface area contributed by atoms with Gasteiger partial charge in [0, 0.05) is 0 Å². The maximum Gasteiger partial charge on any atom is -0.0184 e. The van der Waals surface area contributed by atoms with Gasteiger partial charge in [0.15, 0.2) is 0 Å². The molecule has 1 aromatic rings. The monoisotopic (exact) mass is 258 g/mol. The summed E-state index contributed by atoms with van der Waals surface area (Å²) in [5.74, 6) is 0. The molecule has 0 bridgehead atoms. The standard InChI is InChI=1S/C20H18/c1-2-4-8-12-16-20-18-14-10-6-5-9-13-17-19(20)15-11-7-3-1/h1-18H/b2-1-,3-1?,4-2?,6-5?,7-3-,8-4-,9-5?,10-6?,11-7?,12-8?,13-9?,14-10?,15-11-,16-12-,17-13?,18-14?,19-15?,19-17?,20-16?,20-18?,20-19?. The summed E-state index contributed by atoms with van der Waals surface area (Å²) in [7, 11) is 0. The highest BCUT2D eigenvalue weighted by atomic mass is 13.9. The van der Waals surface area contributed by atoms with Crippen LogP contribution in [0, 0.1) is 0 Å². The van der Waals surface area contributed by atoms with E-state index in [1.807, 2.05) is 60.7 Å². The van der Waals surface area contributed by atoms with Crippen LogP contribution in [-0.4, -0.2) is 0 Å². The van der Waals surface area contributed by atoms with Crippen molar-refractivity contribution in [2.75, 3.05) is 0 Å². The number of hydrogen-bond acceptors (Lipinski definition) is 0. The van der Waals surface area contributed by atoms with Crippen LogP contribution in [-0.2, 0) is 0 Å². The first-order chi connectivity index (χ1) is 9.97. The van der Waals surface area contributed by atoms with Crippen molar-refractivity contribution in [3.63, 3.8) is 0 Å². The van der Waals surface area contributed by atoms with Crippen LogP contribution in [0.3, 0.4) is 0 Å². The van der Waals surface area contributed by atoms with Crippen molar-refractivity contribution in [3.8, 4) is 0 Å². The molecule has 0 amide bonds. The first-order valence-corrected chi connectivity index (χ1v) is 6.74. The van der Waals surface area contributed by atoms with Crippen molar-refractivity contribution in [2.45, 2.75) is 0 Å². The summed E-state index contributed by atoms with van der Waals surface area (Å²) in [4.78, 5) is 0. The van der Waals surface area contributed by atoms with Crippen LogP contribution < -0.4 is 0 Å². The zero-order valence-corrected chi connectivity index (χ0v) is 11.4. The molecule has 0 heterocycles. The molecule has 1 aliphatic carbocycles. The third-order valence-electron chi connectivity index (χ3n) is 2.77. The van der Waals surface area contributed by atoms with Crippen LogP contribution in [0.4, 0.5) is 0 Å². The van der Waals surface area contributed by atoms with Gasteiger partial charge in [-0.05, 0) is 11.1 Å². The van der Waals surface area contributed by atoms with E-state index in [0.717, 1.165) is 0 Å². The van der Waals surface area contributed by atoms with Crippen molar-refractivity contribution >= 4 is 12.2 Å². The highest BCUT2D eigenvalue weighted by Crippen LogP contribution is 2.11. The third-order valence-corrected chi connectivity index (χ3v) is 2.77. The van der Waals surface area contributed by atoms with Crippen LogP contribution in [0.1, 0.15) is 11.1 Å². The summed E-state index contributed by atoms with van der Waals surface area (Å²) in [6.07, 6.45) is 20.5. The molecule has 0 fully saturated rings. The summed E-state index contributed by atoms with van der Waals surface area (Å²) >= 11 is 0. The molecule has 0 heteroatoms. The lowest BCUT2D eigenvalue weighted by molar-refractivity contribution is 1.63. The SMILES string of the molecule is C1=C\C=C/C=C\c2ccccccccc2/C=C\C=C/1. The van der Waals surface area contributed by atoms with E-state index in [1.54, 1.807) is 0 Å². The molecule has 0 aromatic heterocycles. The number of hydrogen-bond donors (Lipinski definition) is 0. The fourth-order valence-electron chi connectivity index (χ4n) is 1.77. The second kappa shape index (κ2) is 8.49. The fraction of sp³-hybridized carbons (Fsp3) is 0. The topological polar surface area (TPSA) is 0 Å². The second-order valence-corrected chi connectivity index (χ2v) is 4.27. The predicted molar refractivity (Wildman–Crippen MR) is 89.6 cm³/mol. The second-order valence-electron chi connectivity index (χ2n) is 4.27. The first-order valence-electron chi connectivity index (χ1n) is 6.74. The van der Waals surface area contributed by atoms with E-state index >= 15 is 0 Å². The number of fused-ring (bicyclic) bond motifs is 1. The van der Waals surface area contributed by atoms with E-state index in [4.69, 9.17) is 0 Å². The van der Waals surface area contributed by atoms with Gasteiger partial charge in [-0.15, -0.1) is 0 Å². The van der Waals surface area contributed by atoms with Gasteiger partial charge in [0.25, 0.3) is 0 Å². The van der Waals surface area contributed by atoms with Crippen LogP contribution >= 0.6 is 0 Å². The minimum Gasteiger partial charge on any atom is -0.0623 e. The Morgan fingerprint density at radius 2 is 0.700 bits per heavy atom. The van der Waals surface area contributed by atoms with E-state index in [-0.39, 0.29) is 0 Å². The normalized spacial score (nSPS) is 21.0. The predicted octanol–water partition coefficient (Wildman–Crippen LogP) is 5.52. The number of allylic oxidation sites excluding steroid dienone is 8. The molecule has 0 atom stereocenters. The Bertz CT molecular complexity index is 569. The van der Waals surface area contributed by atoms with E-state index in [1.165, 1.54) is 11.1 Å². The summed E-state index contributed by atoms with van der Waals surface area (Å²) < 4.78 is 0. The quantitative estimate of drug-likeness (QED) is 0.574. The molecule has 0 nitrogen and oxygen atoms in total. The zero-order chi connectivity index (χ0) is 13.9. The van der Waals surface area contributed by atoms with Gasteiger partial charge in [0.2, 0.25) is 0 Å². The minimum atomic E-state index is 1.18. The van der Waals surface area contributed by atoms with Crippen LogP contribution in [0.15, 0.2) is 97.1 Å². The molecule has 20 heavy (non-hydrogen) atoms. The zero-order valence-electron chi connectivity index (χ0n) is 11.4. The van der Waals surface area contributed by atoms with Crippen molar-refractivity contribution in [1.29, 1.82) is 0 Å². The molecular weight excluding hydrogens is 240 g/mol. The fourth-order valence-corrected chi connectivity index (χ4v) is 1.77. The van der Waals surface area contributed by atoms with E-state index < -0.39 is 0 Å². The van der Waals surface area contributed by atoms with Crippen molar-refractivity contribution in [2.24, 2.45) is 0 Å². The highest BCUT2D eigenvalue weighted by Gasteiger charge is 1.90. The molecule has 0 saturated carbocycles. The van der Waals surface area contributed by atoms with Gasteiger partial charge in [-0.1, -0.05) is 109 Å². The molecule has 1 aliphatic rings. The Morgan fingerprint density at radius 1 is 0.350 bits per heavy atom. The molecule has 2 rings (SSSR count). The van der Waals surface area contributed by atoms with Gasteiger partial charge in [-0.3, -0.25) is 0 Å². The van der Waals surface area contributed by atoms with Gasteiger partial charge >= 0.3 is 0 Å². The van der Waals surface area contributed by atoms with Gasteiger partial charge in [0.05, 0.1) is 0 Å². The molecule has 0 unspecified atom stereocenters. The lowest BCUT2D eigenvalue weighted by atomic mass is 10.1. The summed E-state index contributed by atoms with van der Waals surface area (Å²) in [5, 5.41) is 0. The Hall–Kier alpha value is -2.60. The lowest BCUT2D eigenvalue weighted by Crippen LogP contribution is -1.76. The molecule has 0 radical (unpaired) electrons. The molecule has 0 saturated heterocycles. The number of rotatable bonds is 0. The van der Waals surface area contributed by atoms with Gasteiger partial charge < -0.3 is 0 Å². The average molecular weight is 258 g/mol. The Balaban J connectivity index is 2.56. The molecule has 1 aromatic carbocycles. The molecule has 0 N–H and O–H groups in total. The van der Waals surface area contributed by atoms with E-state index in [0.29, 0.717) is 0 Å². The molecular formula is C20H18. The van der Waals surface area contributed by atoms with Crippen LogP contribution in [0.25, 0.3) is 12.2 Å². The Kier molecular flexibility index (Phi) is 5.87. The van der Waals surface area contributed by atoms with E-state index in [2.05, 4.69) is 48.6 Å². The van der Waals surface area contributed by atoms with Crippen molar-refractivity contribution in [3.05, 3.63) is 108 Å². The van der Waals surface area contributed by atoms with Gasteiger partial charge in [-0.2, -0.15) is 0 Å². The summed E-state index contributed by atoms with van der Waals surface area (Å²) in [5.41, 5.74) is 2.36. The van der Waals surface area contributed by atoms with Crippen LogP contribution in [0.2, 0.25) is 0 Å². The maximum absolute atomic E-state index is 2.12. The lowest BCUT2D eigenvalue weighted by Gasteiger charge is -1.97. The van der Waals surface area contributed by atoms with Crippen LogP contribution in [0.5, 0.6) is 0 Å². The van der Waals surface area contributed by atoms with Gasteiger partial charge in [-0.25, -0.2) is 0 Å². The van der Waals surface area contributed by atoms with Crippen molar-refractivity contribution < 1.29 is 0 Å².